The molecule has 6 heteroatoms. The molecule has 4 unspecified atom stereocenters. The Balaban J connectivity index is 1.59. The van der Waals surface area contributed by atoms with Crippen molar-refractivity contribution < 1.29 is 18.6 Å². The van der Waals surface area contributed by atoms with Gasteiger partial charge in [0.05, 0.1) is 0 Å². The molecule has 122 valence electrons. The third-order valence-corrected chi connectivity index (χ3v) is 6.48. The molecule has 0 bridgehead atoms. The molecule has 0 N–H and O–H groups in total. The average Bonchev–Trinajstić information content (AvgIpc) is 3.03. The molecule has 23 heavy (non-hydrogen) atoms. The van der Waals surface area contributed by atoms with Crippen LogP contribution >= 0.6 is 0 Å². The van der Waals surface area contributed by atoms with E-state index >= 15 is 0 Å². The van der Waals surface area contributed by atoms with Crippen LogP contribution in [0.2, 0.25) is 0 Å². The second-order valence-corrected chi connectivity index (χ2v) is 8.17. The van der Waals surface area contributed by atoms with E-state index < -0.39 is 22.4 Å². The van der Waals surface area contributed by atoms with E-state index in [2.05, 4.69) is 0 Å². The van der Waals surface area contributed by atoms with Gasteiger partial charge in [0, 0.05) is 0 Å². The largest absolute Gasteiger partial charge is 0.611 e. The van der Waals surface area contributed by atoms with Crippen molar-refractivity contribution in [3.8, 4) is 0 Å². The fraction of sp³-hybridized carbons (Fsp3) is 0.294. The topological polar surface area (TPSA) is 64.6 Å². The predicted octanol–water partition coefficient (Wildman–Crippen LogP) is 2.34. The lowest BCUT2D eigenvalue weighted by atomic mass is 10.3. The van der Waals surface area contributed by atoms with Crippen LogP contribution in [0.4, 0.5) is 0 Å². The van der Waals surface area contributed by atoms with Crippen molar-refractivity contribution in [2.24, 2.45) is 0 Å². The summed E-state index contributed by atoms with van der Waals surface area (Å²) in [5.41, 5.74) is 0. The molecule has 1 saturated heterocycles. The number of hydrogen-bond donors (Lipinski definition) is 0. The summed E-state index contributed by atoms with van der Waals surface area (Å²) in [5, 5.41) is 0. The van der Waals surface area contributed by atoms with Gasteiger partial charge in [-0.25, -0.2) is 0 Å². The number of rotatable bonds is 6. The SMILES string of the molecule is [O-][S+](CC1OCOC1C[S+]([O-])c1ccccc1)c1ccccc1. The van der Waals surface area contributed by atoms with Gasteiger partial charge in [-0.2, -0.15) is 0 Å². The molecule has 1 heterocycles. The van der Waals surface area contributed by atoms with Crippen molar-refractivity contribution in [2.75, 3.05) is 18.3 Å². The summed E-state index contributed by atoms with van der Waals surface area (Å²) in [7, 11) is 0. The maximum Gasteiger partial charge on any atom is 0.152 e. The first-order chi connectivity index (χ1) is 11.2. The van der Waals surface area contributed by atoms with E-state index in [1.165, 1.54) is 0 Å². The van der Waals surface area contributed by atoms with Crippen molar-refractivity contribution in [1.82, 2.24) is 0 Å². The van der Waals surface area contributed by atoms with Gasteiger partial charge in [0.25, 0.3) is 0 Å². The Morgan fingerprint density at radius 3 is 1.52 bits per heavy atom. The van der Waals surface area contributed by atoms with Crippen LogP contribution < -0.4 is 0 Å². The van der Waals surface area contributed by atoms with E-state index in [0.29, 0.717) is 11.5 Å². The molecule has 4 nitrogen and oxygen atoms in total. The smallest absolute Gasteiger partial charge is 0.152 e. The molecule has 1 aliphatic heterocycles. The van der Waals surface area contributed by atoms with Gasteiger partial charge in [-0.1, -0.05) is 36.4 Å². The van der Waals surface area contributed by atoms with E-state index in [1.807, 2.05) is 60.7 Å². The van der Waals surface area contributed by atoms with Crippen molar-refractivity contribution >= 4 is 22.4 Å². The minimum absolute atomic E-state index is 0.160. The fourth-order valence-corrected chi connectivity index (χ4v) is 4.90. The molecule has 0 saturated carbocycles. The summed E-state index contributed by atoms with van der Waals surface area (Å²) in [6.07, 6.45) is -0.604. The molecule has 0 amide bonds. The van der Waals surface area contributed by atoms with Gasteiger partial charge in [-0.15, -0.1) is 0 Å². The standard InChI is InChI=1S/C17H18O4S2/c18-22(14-7-3-1-4-8-14)11-16-17(21-13-20-16)12-23(19)15-9-5-2-6-10-15/h1-10,16-17H,11-13H2. The molecule has 1 fully saturated rings. The molecule has 0 radical (unpaired) electrons. The quantitative estimate of drug-likeness (QED) is 0.750. The Hall–Kier alpha value is -1.02. The van der Waals surface area contributed by atoms with E-state index in [4.69, 9.17) is 9.47 Å². The molecular weight excluding hydrogens is 332 g/mol. The minimum atomic E-state index is -1.16. The minimum Gasteiger partial charge on any atom is -0.611 e. The predicted molar refractivity (Wildman–Crippen MR) is 90.0 cm³/mol. The lowest BCUT2D eigenvalue weighted by Crippen LogP contribution is -2.35. The summed E-state index contributed by atoms with van der Waals surface area (Å²) in [4.78, 5) is 1.54. The van der Waals surface area contributed by atoms with Crippen LogP contribution in [-0.2, 0) is 31.8 Å². The normalized spacial score (nSPS) is 23.6. The highest BCUT2D eigenvalue weighted by Gasteiger charge is 2.37. The van der Waals surface area contributed by atoms with Gasteiger partial charge in [-0.3, -0.25) is 0 Å². The van der Waals surface area contributed by atoms with E-state index in [-0.39, 0.29) is 19.0 Å². The molecule has 2 aromatic rings. The van der Waals surface area contributed by atoms with Gasteiger partial charge in [0.15, 0.2) is 9.79 Å². The third kappa shape index (κ3) is 4.50. The van der Waals surface area contributed by atoms with Crippen LogP contribution in [0.25, 0.3) is 0 Å². The van der Waals surface area contributed by atoms with Gasteiger partial charge >= 0.3 is 0 Å². The third-order valence-electron chi connectivity index (χ3n) is 3.62. The fourth-order valence-electron chi connectivity index (χ4n) is 2.37. The first kappa shape index (κ1) is 16.8. The van der Waals surface area contributed by atoms with Crippen LogP contribution in [0.5, 0.6) is 0 Å². The van der Waals surface area contributed by atoms with E-state index in [1.54, 1.807) is 0 Å². The number of ether oxygens (including phenoxy) is 2. The van der Waals surface area contributed by atoms with Crippen molar-refractivity contribution in [1.29, 1.82) is 0 Å². The molecular formula is C17H18O4S2. The average molecular weight is 350 g/mol. The molecule has 1 aliphatic rings. The molecule has 4 atom stereocenters. The van der Waals surface area contributed by atoms with Gasteiger partial charge in [-0.05, 0) is 46.6 Å². The second-order valence-electron chi connectivity index (χ2n) is 5.18. The molecule has 0 aliphatic carbocycles. The highest BCUT2D eigenvalue weighted by molar-refractivity contribution is 7.91. The van der Waals surface area contributed by atoms with Gasteiger partial charge < -0.3 is 18.6 Å². The lowest BCUT2D eigenvalue weighted by molar-refractivity contribution is 0.0440. The Morgan fingerprint density at radius 1 is 0.739 bits per heavy atom. The summed E-state index contributed by atoms with van der Waals surface area (Å²) in [6, 6.07) is 18.6. The summed E-state index contributed by atoms with van der Waals surface area (Å²) in [6.45, 7) is 0.160. The maximum atomic E-state index is 12.4. The highest BCUT2D eigenvalue weighted by Crippen LogP contribution is 2.22. The molecule has 3 rings (SSSR count). The Kier molecular flexibility index (Phi) is 5.99. The van der Waals surface area contributed by atoms with E-state index in [9.17, 15) is 9.11 Å². The Morgan fingerprint density at radius 2 is 1.13 bits per heavy atom. The summed E-state index contributed by atoms with van der Waals surface area (Å²) >= 11 is -2.31. The molecule has 0 aromatic heterocycles. The van der Waals surface area contributed by atoms with Crippen molar-refractivity contribution in [3.05, 3.63) is 60.7 Å². The zero-order valence-electron chi connectivity index (χ0n) is 12.5. The van der Waals surface area contributed by atoms with Gasteiger partial charge in [0.1, 0.15) is 30.5 Å². The van der Waals surface area contributed by atoms with Crippen LogP contribution in [0, 0.1) is 0 Å². The van der Waals surface area contributed by atoms with Crippen molar-refractivity contribution in [3.63, 3.8) is 0 Å². The Labute approximate surface area is 142 Å². The zero-order valence-corrected chi connectivity index (χ0v) is 14.1. The second kappa shape index (κ2) is 8.19. The Bertz CT molecular complexity index is 543. The zero-order chi connectivity index (χ0) is 16.1. The summed E-state index contributed by atoms with van der Waals surface area (Å²) in [5.74, 6) is 0.696. The number of benzene rings is 2. The van der Waals surface area contributed by atoms with Crippen molar-refractivity contribution in [2.45, 2.75) is 22.0 Å². The van der Waals surface area contributed by atoms with Crippen LogP contribution in [-0.4, -0.2) is 39.6 Å². The number of hydrogen-bond acceptors (Lipinski definition) is 4. The van der Waals surface area contributed by atoms with Crippen LogP contribution in [0.3, 0.4) is 0 Å². The van der Waals surface area contributed by atoms with E-state index in [0.717, 1.165) is 9.79 Å². The van der Waals surface area contributed by atoms with Gasteiger partial charge in [0.2, 0.25) is 0 Å². The first-order valence-corrected chi connectivity index (χ1v) is 9.98. The lowest BCUT2D eigenvalue weighted by Gasteiger charge is -2.20. The molecule has 2 aromatic carbocycles. The summed E-state index contributed by atoms with van der Waals surface area (Å²) < 4.78 is 35.9. The maximum absolute atomic E-state index is 12.4. The van der Waals surface area contributed by atoms with Crippen LogP contribution in [0.1, 0.15) is 0 Å². The van der Waals surface area contributed by atoms with Crippen LogP contribution in [0.15, 0.2) is 70.5 Å². The molecule has 0 spiro atoms. The highest BCUT2D eigenvalue weighted by atomic mass is 32.2. The first-order valence-electron chi connectivity index (χ1n) is 7.34. The monoisotopic (exact) mass is 350 g/mol.